The molecule has 0 bridgehead atoms. The predicted octanol–water partition coefficient (Wildman–Crippen LogP) is 2.83. The Balaban J connectivity index is 1.52. The SMILES string of the molecule is CC(=O)Nc1ccc(NC(=O)C2CCN(S(=O)(=O)Cc3ccccc3)CC2)cc1. The molecule has 154 valence electrons. The molecule has 0 unspecified atom stereocenters. The molecule has 0 aliphatic carbocycles. The molecule has 1 saturated heterocycles. The number of sulfonamides is 1. The van der Waals surface area contributed by atoms with E-state index in [4.69, 9.17) is 0 Å². The summed E-state index contributed by atoms with van der Waals surface area (Å²) in [6.07, 6.45) is 0.980. The molecule has 8 heteroatoms. The van der Waals surface area contributed by atoms with Gasteiger partial charge < -0.3 is 10.6 Å². The summed E-state index contributed by atoms with van der Waals surface area (Å²) in [4.78, 5) is 23.6. The molecule has 2 aromatic rings. The lowest BCUT2D eigenvalue weighted by Crippen LogP contribution is -2.41. The minimum Gasteiger partial charge on any atom is -0.326 e. The van der Waals surface area contributed by atoms with Gasteiger partial charge in [0, 0.05) is 37.3 Å². The Bertz CT molecular complexity index is 951. The Hall–Kier alpha value is -2.71. The average molecular weight is 416 g/mol. The van der Waals surface area contributed by atoms with Crippen LogP contribution in [0.5, 0.6) is 0 Å². The minimum atomic E-state index is -3.39. The summed E-state index contributed by atoms with van der Waals surface area (Å²) in [6.45, 7) is 2.12. The second kappa shape index (κ2) is 9.19. The zero-order chi connectivity index (χ0) is 20.9. The maximum Gasteiger partial charge on any atom is 0.227 e. The molecule has 1 fully saturated rings. The molecule has 1 aliphatic heterocycles. The van der Waals surface area contributed by atoms with E-state index in [0.29, 0.717) is 37.3 Å². The van der Waals surface area contributed by atoms with Crippen LogP contribution >= 0.6 is 0 Å². The fraction of sp³-hybridized carbons (Fsp3) is 0.333. The zero-order valence-electron chi connectivity index (χ0n) is 16.3. The van der Waals surface area contributed by atoms with E-state index in [-0.39, 0.29) is 23.5 Å². The van der Waals surface area contributed by atoms with Crippen LogP contribution in [0, 0.1) is 5.92 Å². The lowest BCUT2D eigenvalue weighted by molar-refractivity contribution is -0.121. The average Bonchev–Trinajstić information content (AvgIpc) is 2.69. The quantitative estimate of drug-likeness (QED) is 0.758. The van der Waals surface area contributed by atoms with Crippen LogP contribution in [-0.4, -0.2) is 37.6 Å². The number of piperidine rings is 1. The molecule has 0 saturated carbocycles. The van der Waals surface area contributed by atoms with Gasteiger partial charge in [-0.05, 0) is 42.7 Å². The Morgan fingerprint density at radius 3 is 2.03 bits per heavy atom. The molecule has 1 heterocycles. The monoisotopic (exact) mass is 415 g/mol. The Kier molecular flexibility index (Phi) is 6.66. The van der Waals surface area contributed by atoms with E-state index in [0.717, 1.165) is 5.56 Å². The third-order valence-electron chi connectivity index (χ3n) is 4.88. The van der Waals surface area contributed by atoms with Gasteiger partial charge >= 0.3 is 0 Å². The van der Waals surface area contributed by atoms with Crippen molar-refractivity contribution in [2.75, 3.05) is 23.7 Å². The van der Waals surface area contributed by atoms with Crippen LogP contribution < -0.4 is 10.6 Å². The largest absolute Gasteiger partial charge is 0.326 e. The summed E-state index contributed by atoms with van der Waals surface area (Å²) in [5.41, 5.74) is 2.06. The molecular formula is C21H25N3O4S. The number of amides is 2. The first-order valence-corrected chi connectivity index (χ1v) is 11.1. The Morgan fingerprint density at radius 2 is 1.48 bits per heavy atom. The van der Waals surface area contributed by atoms with Gasteiger partial charge in [-0.3, -0.25) is 9.59 Å². The topological polar surface area (TPSA) is 95.6 Å². The maximum absolute atomic E-state index is 12.6. The number of nitrogens with zero attached hydrogens (tertiary/aromatic N) is 1. The van der Waals surface area contributed by atoms with Crippen LogP contribution in [0.4, 0.5) is 11.4 Å². The van der Waals surface area contributed by atoms with Crippen LogP contribution in [-0.2, 0) is 25.4 Å². The van der Waals surface area contributed by atoms with Crippen molar-refractivity contribution < 1.29 is 18.0 Å². The number of rotatable bonds is 6. The molecule has 7 nitrogen and oxygen atoms in total. The molecule has 3 rings (SSSR count). The highest BCUT2D eigenvalue weighted by atomic mass is 32.2. The molecule has 2 amide bonds. The molecule has 2 aromatic carbocycles. The lowest BCUT2D eigenvalue weighted by Gasteiger charge is -2.30. The third kappa shape index (κ3) is 5.88. The number of anilines is 2. The lowest BCUT2D eigenvalue weighted by atomic mass is 9.97. The van der Waals surface area contributed by atoms with Crippen molar-refractivity contribution in [1.29, 1.82) is 0 Å². The van der Waals surface area contributed by atoms with Crippen LogP contribution in [0.2, 0.25) is 0 Å². The number of hydrogen-bond acceptors (Lipinski definition) is 4. The second-order valence-electron chi connectivity index (χ2n) is 7.16. The van der Waals surface area contributed by atoms with E-state index >= 15 is 0 Å². The van der Waals surface area contributed by atoms with Crippen molar-refractivity contribution in [1.82, 2.24) is 4.31 Å². The van der Waals surface area contributed by atoms with Crippen molar-refractivity contribution in [3.05, 3.63) is 60.2 Å². The molecule has 1 aliphatic rings. The molecule has 0 atom stereocenters. The van der Waals surface area contributed by atoms with E-state index < -0.39 is 10.0 Å². The summed E-state index contributed by atoms with van der Waals surface area (Å²) < 4.78 is 26.7. The van der Waals surface area contributed by atoms with E-state index in [1.807, 2.05) is 18.2 Å². The predicted molar refractivity (Wildman–Crippen MR) is 113 cm³/mol. The fourth-order valence-corrected chi connectivity index (χ4v) is 4.92. The molecule has 0 spiro atoms. The Morgan fingerprint density at radius 1 is 0.931 bits per heavy atom. The van der Waals surface area contributed by atoms with Crippen LogP contribution in [0.25, 0.3) is 0 Å². The van der Waals surface area contributed by atoms with Crippen molar-refractivity contribution in [2.45, 2.75) is 25.5 Å². The number of carbonyl (C=O) groups excluding carboxylic acids is 2. The third-order valence-corrected chi connectivity index (χ3v) is 6.73. The van der Waals surface area contributed by atoms with Gasteiger partial charge in [0.1, 0.15) is 0 Å². The second-order valence-corrected chi connectivity index (χ2v) is 9.13. The van der Waals surface area contributed by atoms with Crippen LogP contribution in [0.3, 0.4) is 0 Å². The molecule has 0 aromatic heterocycles. The highest BCUT2D eigenvalue weighted by molar-refractivity contribution is 7.88. The van der Waals surface area contributed by atoms with Gasteiger partial charge in [0.05, 0.1) is 5.75 Å². The van der Waals surface area contributed by atoms with Gasteiger partial charge in [-0.25, -0.2) is 12.7 Å². The molecular weight excluding hydrogens is 390 g/mol. The number of nitrogens with one attached hydrogen (secondary N) is 2. The van der Waals surface area contributed by atoms with Crippen molar-refractivity contribution in [3.63, 3.8) is 0 Å². The fourth-order valence-electron chi connectivity index (χ4n) is 3.36. The first-order valence-electron chi connectivity index (χ1n) is 9.54. The smallest absolute Gasteiger partial charge is 0.227 e. The maximum atomic E-state index is 12.6. The van der Waals surface area contributed by atoms with Crippen molar-refractivity contribution in [2.24, 2.45) is 5.92 Å². The van der Waals surface area contributed by atoms with Crippen molar-refractivity contribution in [3.8, 4) is 0 Å². The van der Waals surface area contributed by atoms with Gasteiger partial charge in [-0.2, -0.15) is 0 Å². The van der Waals surface area contributed by atoms with E-state index in [1.54, 1.807) is 36.4 Å². The molecule has 0 radical (unpaired) electrons. The molecule has 29 heavy (non-hydrogen) atoms. The minimum absolute atomic E-state index is 0.0225. The van der Waals surface area contributed by atoms with Crippen LogP contribution in [0.15, 0.2) is 54.6 Å². The summed E-state index contributed by atoms with van der Waals surface area (Å²) in [6, 6.07) is 16.0. The standard InChI is InChI=1S/C21H25N3O4S/c1-16(25)22-19-7-9-20(10-8-19)23-21(26)18-11-13-24(14-12-18)29(27,28)15-17-5-3-2-4-6-17/h2-10,18H,11-15H2,1H3,(H,22,25)(H,23,26). The highest BCUT2D eigenvalue weighted by Crippen LogP contribution is 2.23. The highest BCUT2D eigenvalue weighted by Gasteiger charge is 2.31. The van der Waals surface area contributed by atoms with Crippen LogP contribution in [0.1, 0.15) is 25.3 Å². The van der Waals surface area contributed by atoms with Gasteiger partial charge in [0.2, 0.25) is 21.8 Å². The number of carbonyl (C=O) groups is 2. The van der Waals surface area contributed by atoms with Gasteiger partial charge in [0.15, 0.2) is 0 Å². The van der Waals surface area contributed by atoms with E-state index in [1.165, 1.54) is 11.2 Å². The van der Waals surface area contributed by atoms with Gasteiger partial charge in [-0.1, -0.05) is 30.3 Å². The van der Waals surface area contributed by atoms with E-state index in [9.17, 15) is 18.0 Å². The first kappa shape index (κ1) is 21.0. The van der Waals surface area contributed by atoms with Gasteiger partial charge in [-0.15, -0.1) is 0 Å². The van der Waals surface area contributed by atoms with Gasteiger partial charge in [0.25, 0.3) is 0 Å². The molecule has 2 N–H and O–H groups in total. The summed E-state index contributed by atoms with van der Waals surface area (Å²) in [5, 5.41) is 5.54. The summed E-state index contributed by atoms with van der Waals surface area (Å²) in [5.74, 6) is -0.521. The normalized spacial score (nSPS) is 15.6. The summed E-state index contributed by atoms with van der Waals surface area (Å²) >= 11 is 0. The number of benzene rings is 2. The summed E-state index contributed by atoms with van der Waals surface area (Å²) in [7, 11) is -3.39. The van der Waals surface area contributed by atoms with Crippen molar-refractivity contribution >= 4 is 33.2 Å². The number of hydrogen-bond donors (Lipinski definition) is 2. The first-order chi connectivity index (χ1) is 13.8. The zero-order valence-corrected chi connectivity index (χ0v) is 17.1. The Labute approximate surface area is 171 Å². The van der Waals surface area contributed by atoms with E-state index in [2.05, 4.69) is 10.6 Å².